The molecule has 0 amide bonds. The van der Waals surface area contributed by atoms with Gasteiger partial charge in [-0.1, -0.05) is 11.6 Å². The van der Waals surface area contributed by atoms with Crippen LogP contribution in [0.1, 0.15) is 16.8 Å². The first kappa shape index (κ1) is 17.4. The zero-order valence-corrected chi connectivity index (χ0v) is 14.4. The Morgan fingerprint density at radius 2 is 1.80 bits per heavy atom. The third-order valence-electron chi connectivity index (χ3n) is 3.48. The summed E-state index contributed by atoms with van der Waals surface area (Å²) in [5, 5.41) is 9.03. The molecule has 7 nitrogen and oxygen atoms in total. The first-order chi connectivity index (χ1) is 11.9. The maximum absolute atomic E-state index is 12.5. The monoisotopic (exact) mass is 383 g/mol. The highest BCUT2D eigenvalue weighted by molar-refractivity contribution is 7.92. The second-order valence-corrected chi connectivity index (χ2v) is 7.35. The number of benzene rings is 2. The van der Waals surface area contributed by atoms with Crippen LogP contribution in [0, 0.1) is 0 Å². The van der Waals surface area contributed by atoms with Crippen LogP contribution in [0.5, 0.6) is 11.5 Å². The van der Waals surface area contributed by atoms with E-state index in [1.165, 1.54) is 18.2 Å². The van der Waals surface area contributed by atoms with Crippen LogP contribution in [-0.4, -0.2) is 32.7 Å². The van der Waals surface area contributed by atoms with Crippen LogP contribution in [0.15, 0.2) is 41.3 Å². The van der Waals surface area contributed by atoms with Crippen LogP contribution < -0.4 is 14.2 Å². The molecule has 9 heteroatoms. The molecule has 2 N–H and O–H groups in total. The second kappa shape index (κ2) is 6.81. The van der Waals surface area contributed by atoms with Crippen molar-refractivity contribution in [2.75, 3.05) is 17.9 Å². The third-order valence-corrected chi connectivity index (χ3v) is 5.19. The average molecular weight is 384 g/mol. The van der Waals surface area contributed by atoms with Crippen molar-refractivity contribution in [3.05, 3.63) is 47.0 Å². The SMILES string of the molecule is O=C(O)c1cc(S(=O)(=O)Nc2ccc3c(c2)OCCCO3)ccc1Cl. The number of hydrogen-bond donors (Lipinski definition) is 2. The minimum absolute atomic E-state index is 0.0398. The van der Waals surface area contributed by atoms with Crippen LogP contribution in [0.4, 0.5) is 5.69 Å². The smallest absolute Gasteiger partial charge is 0.337 e. The minimum atomic E-state index is -3.99. The Kier molecular flexibility index (Phi) is 4.73. The molecule has 0 saturated heterocycles. The predicted octanol–water partition coefficient (Wildman–Crippen LogP) is 3.00. The highest BCUT2D eigenvalue weighted by Crippen LogP contribution is 2.33. The Morgan fingerprint density at radius 3 is 2.52 bits per heavy atom. The highest BCUT2D eigenvalue weighted by atomic mass is 35.5. The maximum Gasteiger partial charge on any atom is 0.337 e. The Morgan fingerprint density at radius 1 is 1.08 bits per heavy atom. The largest absolute Gasteiger partial charge is 0.490 e. The Balaban J connectivity index is 1.90. The number of sulfonamides is 1. The Labute approximate surface area is 149 Å². The van der Waals surface area contributed by atoms with Crippen LogP contribution >= 0.6 is 11.6 Å². The average Bonchev–Trinajstić information content (AvgIpc) is 2.79. The number of ether oxygens (including phenoxy) is 2. The summed E-state index contributed by atoms with van der Waals surface area (Å²) in [4.78, 5) is 10.9. The molecule has 0 aromatic heterocycles. The molecule has 0 unspecified atom stereocenters. The van der Waals surface area contributed by atoms with E-state index in [0.717, 1.165) is 12.5 Å². The summed E-state index contributed by atoms with van der Waals surface area (Å²) in [5.74, 6) is -0.322. The van der Waals surface area contributed by atoms with Gasteiger partial charge in [-0.2, -0.15) is 0 Å². The summed E-state index contributed by atoms with van der Waals surface area (Å²) < 4.78 is 38.4. The summed E-state index contributed by atoms with van der Waals surface area (Å²) in [6, 6.07) is 8.15. The van der Waals surface area contributed by atoms with Crippen LogP contribution in [0.2, 0.25) is 5.02 Å². The van der Waals surface area contributed by atoms with E-state index >= 15 is 0 Å². The van der Waals surface area contributed by atoms with Gasteiger partial charge in [0.1, 0.15) is 0 Å². The lowest BCUT2D eigenvalue weighted by molar-refractivity contribution is 0.0697. The third kappa shape index (κ3) is 3.80. The molecule has 3 rings (SSSR count). The molecule has 25 heavy (non-hydrogen) atoms. The van der Waals surface area contributed by atoms with Crippen molar-refractivity contribution in [2.45, 2.75) is 11.3 Å². The van der Waals surface area contributed by atoms with Gasteiger partial charge in [-0.25, -0.2) is 13.2 Å². The van der Waals surface area contributed by atoms with E-state index < -0.39 is 16.0 Å². The summed E-state index contributed by atoms with van der Waals surface area (Å²) in [7, 11) is -3.99. The molecular formula is C16H14ClNO6S. The van der Waals surface area contributed by atoms with Crippen molar-refractivity contribution in [3.8, 4) is 11.5 Å². The molecule has 1 aliphatic rings. The topological polar surface area (TPSA) is 102 Å². The van der Waals surface area contributed by atoms with Crippen molar-refractivity contribution in [3.63, 3.8) is 0 Å². The van der Waals surface area contributed by atoms with E-state index in [2.05, 4.69) is 4.72 Å². The van der Waals surface area contributed by atoms with Crippen molar-refractivity contribution in [2.24, 2.45) is 0 Å². The lowest BCUT2D eigenvalue weighted by Gasteiger charge is -2.12. The van der Waals surface area contributed by atoms with Gasteiger partial charge in [-0.3, -0.25) is 4.72 Å². The zero-order valence-electron chi connectivity index (χ0n) is 12.9. The summed E-state index contributed by atoms with van der Waals surface area (Å²) >= 11 is 5.77. The summed E-state index contributed by atoms with van der Waals surface area (Å²) in [6.45, 7) is 1.00. The van der Waals surface area contributed by atoms with Crippen LogP contribution in [0.25, 0.3) is 0 Å². The number of fused-ring (bicyclic) bond motifs is 1. The normalized spacial score (nSPS) is 13.8. The van der Waals surface area contributed by atoms with E-state index in [0.29, 0.717) is 24.7 Å². The van der Waals surface area contributed by atoms with E-state index in [9.17, 15) is 13.2 Å². The Bertz CT molecular complexity index is 928. The van der Waals surface area contributed by atoms with Gasteiger partial charge in [-0.15, -0.1) is 0 Å². The number of hydrogen-bond acceptors (Lipinski definition) is 5. The summed E-state index contributed by atoms with van der Waals surface area (Å²) in [5.41, 5.74) is -0.0146. The molecule has 132 valence electrons. The lowest BCUT2D eigenvalue weighted by Crippen LogP contribution is -2.14. The number of halogens is 1. The van der Waals surface area contributed by atoms with Gasteiger partial charge in [0.2, 0.25) is 0 Å². The van der Waals surface area contributed by atoms with Gasteiger partial charge in [0.05, 0.1) is 34.4 Å². The fraction of sp³-hybridized carbons (Fsp3) is 0.188. The van der Waals surface area contributed by atoms with Crippen molar-refractivity contribution in [1.82, 2.24) is 0 Å². The number of carboxylic acid groups (broad SMARTS) is 1. The summed E-state index contributed by atoms with van der Waals surface area (Å²) in [6.07, 6.45) is 0.735. The number of anilines is 1. The van der Waals surface area contributed by atoms with E-state index in [4.69, 9.17) is 26.2 Å². The molecule has 2 aromatic carbocycles. The van der Waals surface area contributed by atoms with Gasteiger partial charge in [0.15, 0.2) is 11.5 Å². The lowest BCUT2D eigenvalue weighted by atomic mass is 10.2. The second-order valence-electron chi connectivity index (χ2n) is 5.26. The van der Waals surface area contributed by atoms with E-state index in [-0.39, 0.29) is 21.2 Å². The molecule has 0 saturated carbocycles. The van der Waals surface area contributed by atoms with Gasteiger partial charge >= 0.3 is 5.97 Å². The number of rotatable bonds is 4. The number of carboxylic acids is 1. The predicted molar refractivity (Wildman–Crippen MR) is 91.3 cm³/mol. The number of carbonyl (C=O) groups is 1. The minimum Gasteiger partial charge on any atom is -0.490 e. The molecule has 1 heterocycles. The molecule has 0 bridgehead atoms. The van der Waals surface area contributed by atoms with Crippen molar-refractivity contribution >= 4 is 33.3 Å². The molecule has 2 aromatic rings. The standard InChI is InChI=1S/C16H14ClNO6S/c17-13-4-3-11(9-12(13)16(19)20)25(21,22)18-10-2-5-14-15(8-10)24-7-1-6-23-14/h2-5,8-9,18H,1,6-7H2,(H,19,20). The molecular weight excluding hydrogens is 370 g/mol. The quantitative estimate of drug-likeness (QED) is 0.841. The number of nitrogens with one attached hydrogen (secondary N) is 1. The molecule has 0 aliphatic carbocycles. The van der Waals surface area contributed by atoms with Gasteiger partial charge in [0, 0.05) is 12.5 Å². The van der Waals surface area contributed by atoms with Crippen LogP contribution in [-0.2, 0) is 10.0 Å². The van der Waals surface area contributed by atoms with Gasteiger partial charge in [0.25, 0.3) is 10.0 Å². The van der Waals surface area contributed by atoms with E-state index in [1.54, 1.807) is 12.1 Å². The van der Waals surface area contributed by atoms with Gasteiger partial charge < -0.3 is 14.6 Å². The zero-order chi connectivity index (χ0) is 18.0. The van der Waals surface area contributed by atoms with Crippen LogP contribution in [0.3, 0.4) is 0 Å². The highest BCUT2D eigenvalue weighted by Gasteiger charge is 2.20. The Hall–Kier alpha value is -2.45. The molecule has 0 atom stereocenters. The molecule has 0 radical (unpaired) electrons. The van der Waals surface area contributed by atoms with Crippen molar-refractivity contribution in [1.29, 1.82) is 0 Å². The van der Waals surface area contributed by atoms with E-state index in [1.807, 2.05) is 0 Å². The molecule has 1 aliphatic heterocycles. The molecule has 0 fully saturated rings. The molecule has 0 spiro atoms. The first-order valence-electron chi connectivity index (χ1n) is 7.32. The maximum atomic E-state index is 12.5. The first-order valence-corrected chi connectivity index (χ1v) is 9.18. The fourth-order valence-electron chi connectivity index (χ4n) is 2.28. The fourth-order valence-corrected chi connectivity index (χ4v) is 3.55. The van der Waals surface area contributed by atoms with Crippen molar-refractivity contribution < 1.29 is 27.8 Å². The number of aromatic carboxylic acids is 1. The van der Waals surface area contributed by atoms with Gasteiger partial charge in [-0.05, 0) is 30.3 Å².